The third kappa shape index (κ3) is 10.8. The molecule has 3 aromatic rings. The van der Waals surface area contributed by atoms with E-state index in [4.69, 9.17) is 14.5 Å². The predicted octanol–water partition coefficient (Wildman–Crippen LogP) is 5.58. The van der Waals surface area contributed by atoms with Gasteiger partial charge in [-0.1, -0.05) is 19.9 Å². The highest BCUT2D eigenvalue weighted by atomic mass is 19.1. The number of carbonyl (C=O) groups excluding carboxylic acids is 1. The molecule has 0 amide bonds. The van der Waals surface area contributed by atoms with Crippen LogP contribution in [-0.4, -0.2) is 84.5 Å². The molecule has 44 heavy (non-hydrogen) atoms. The van der Waals surface area contributed by atoms with E-state index in [1.165, 1.54) is 12.7 Å². The van der Waals surface area contributed by atoms with Crippen LogP contribution >= 0.6 is 0 Å². The molecule has 4 rings (SSSR count). The molecule has 0 unspecified atom stereocenters. The molecule has 4 heterocycles. The van der Waals surface area contributed by atoms with Gasteiger partial charge in [-0.05, 0) is 98.0 Å². The summed E-state index contributed by atoms with van der Waals surface area (Å²) >= 11 is 0. The highest BCUT2D eigenvalue weighted by Gasteiger charge is 2.23. The minimum atomic E-state index is -1.12. The number of anilines is 2. The average Bonchev–Trinajstić information content (AvgIpc) is 3.04. The first-order valence-corrected chi connectivity index (χ1v) is 15.8. The molecule has 0 bridgehead atoms. The number of alkyl halides is 1. The highest BCUT2D eigenvalue weighted by Crippen LogP contribution is 2.22. The summed E-state index contributed by atoms with van der Waals surface area (Å²) in [5.74, 6) is 1.47. The summed E-state index contributed by atoms with van der Waals surface area (Å²) in [4.78, 5) is 28.7. The Labute approximate surface area is 261 Å². The summed E-state index contributed by atoms with van der Waals surface area (Å²) in [7, 11) is 1.51. The Morgan fingerprint density at radius 2 is 1.89 bits per heavy atom. The van der Waals surface area contributed by atoms with Crippen molar-refractivity contribution in [2.45, 2.75) is 64.6 Å². The molecule has 2 N–H and O–H groups in total. The van der Waals surface area contributed by atoms with Crippen molar-refractivity contribution in [3.05, 3.63) is 66.2 Å². The van der Waals surface area contributed by atoms with Gasteiger partial charge in [0.1, 0.15) is 23.8 Å². The number of nitrogens with zero attached hydrogens (tertiary/aromatic N) is 4. The molecular formula is C34H47FN6O3. The van der Waals surface area contributed by atoms with E-state index in [0.29, 0.717) is 31.9 Å². The van der Waals surface area contributed by atoms with E-state index in [9.17, 15) is 9.18 Å². The molecule has 0 saturated carbocycles. The van der Waals surface area contributed by atoms with Crippen LogP contribution in [0.25, 0.3) is 11.1 Å². The van der Waals surface area contributed by atoms with Crippen molar-refractivity contribution >= 4 is 17.6 Å². The smallest absolute Gasteiger partial charge is 0.328 e. The zero-order valence-electron chi connectivity index (χ0n) is 26.3. The van der Waals surface area contributed by atoms with Gasteiger partial charge < -0.3 is 25.0 Å². The number of aromatic nitrogens is 3. The average molecular weight is 607 g/mol. The lowest BCUT2D eigenvalue weighted by Crippen LogP contribution is -2.39. The van der Waals surface area contributed by atoms with E-state index in [0.717, 1.165) is 61.3 Å². The molecule has 9 nitrogen and oxygen atoms in total. The number of pyridine rings is 3. The molecule has 0 aromatic carbocycles. The summed E-state index contributed by atoms with van der Waals surface area (Å²) < 4.78 is 25.4. The summed E-state index contributed by atoms with van der Waals surface area (Å²) in [6.07, 6.45) is 9.43. The maximum Gasteiger partial charge on any atom is 0.328 e. The van der Waals surface area contributed by atoms with Crippen molar-refractivity contribution in [3.8, 4) is 11.1 Å². The van der Waals surface area contributed by atoms with E-state index in [1.807, 2.05) is 38.1 Å². The van der Waals surface area contributed by atoms with Gasteiger partial charge in [-0.3, -0.25) is 4.98 Å². The molecule has 0 spiro atoms. The van der Waals surface area contributed by atoms with Crippen molar-refractivity contribution in [2.75, 3.05) is 57.1 Å². The lowest BCUT2D eigenvalue weighted by Gasteiger charge is -2.26. The molecule has 2 atom stereocenters. The number of nitrogens with one attached hydrogen (secondary N) is 2. The van der Waals surface area contributed by atoms with Gasteiger partial charge >= 0.3 is 5.97 Å². The van der Waals surface area contributed by atoms with Crippen LogP contribution in [0, 0.1) is 5.92 Å². The maximum atomic E-state index is 14.7. The van der Waals surface area contributed by atoms with Crippen LogP contribution in [0.5, 0.6) is 0 Å². The number of fused-ring (bicyclic) bond motifs is 1. The van der Waals surface area contributed by atoms with E-state index in [-0.39, 0.29) is 25.0 Å². The first-order chi connectivity index (χ1) is 21.4. The second-order valence-corrected chi connectivity index (χ2v) is 11.8. The molecule has 1 aliphatic rings. The van der Waals surface area contributed by atoms with Crippen LogP contribution in [0.1, 0.15) is 50.8 Å². The Hall–Kier alpha value is -3.63. The SMILES string of the molecule is COC[C@@H](F)CN(CCCCc1ccc2c(n1)NCCC2)CC[C@H](Nc1cc(-c2ccncc2)ccn1)C(=O)OCC(C)C. The largest absolute Gasteiger partial charge is 0.464 e. The van der Waals surface area contributed by atoms with Crippen molar-refractivity contribution in [1.82, 2.24) is 19.9 Å². The van der Waals surface area contributed by atoms with Gasteiger partial charge in [-0.2, -0.15) is 0 Å². The summed E-state index contributed by atoms with van der Waals surface area (Å²) in [6, 6.07) is 11.4. The lowest BCUT2D eigenvalue weighted by molar-refractivity contribution is -0.145. The number of carbonyl (C=O) groups is 1. The van der Waals surface area contributed by atoms with E-state index in [1.54, 1.807) is 18.6 Å². The maximum absolute atomic E-state index is 14.7. The zero-order valence-corrected chi connectivity index (χ0v) is 26.3. The molecule has 3 aromatic heterocycles. The van der Waals surface area contributed by atoms with Crippen LogP contribution < -0.4 is 10.6 Å². The molecule has 10 heteroatoms. The van der Waals surface area contributed by atoms with E-state index >= 15 is 0 Å². The van der Waals surface area contributed by atoms with Crippen molar-refractivity contribution in [3.63, 3.8) is 0 Å². The van der Waals surface area contributed by atoms with E-state index in [2.05, 4.69) is 37.6 Å². The highest BCUT2D eigenvalue weighted by molar-refractivity contribution is 5.79. The molecule has 0 radical (unpaired) electrons. The molecule has 238 valence electrons. The van der Waals surface area contributed by atoms with Gasteiger partial charge in [-0.25, -0.2) is 19.2 Å². The van der Waals surface area contributed by atoms with Crippen LogP contribution in [0.15, 0.2) is 55.0 Å². The Kier molecular flexibility index (Phi) is 13.3. The number of hydrogen-bond donors (Lipinski definition) is 2. The second kappa shape index (κ2) is 17.6. The fraction of sp³-hybridized carbons (Fsp3) is 0.529. The number of unbranched alkanes of at least 4 members (excludes halogenated alkanes) is 1. The number of esters is 1. The van der Waals surface area contributed by atoms with E-state index < -0.39 is 12.2 Å². The fourth-order valence-corrected chi connectivity index (χ4v) is 5.28. The molecule has 0 aliphatic carbocycles. The van der Waals surface area contributed by atoms with Crippen LogP contribution in [0.2, 0.25) is 0 Å². The Balaban J connectivity index is 1.38. The molecule has 0 fully saturated rings. The minimum Gasteiger partial charge on any atom is -0.464 e. The van der Waals surface area contributed by atoms with Gasteiger partial charge in [-0.15, -0.1) is 0 Å². The Morgan fingerprint density at radius 1 is 1.07 bits per heavy atom. The first-order valence-electron chi connectivity index (χ1n) is 15.8. The van der Waals surface area contributed by atoms with Crippen molar-refractivity contribution in [1.29, 1.82) is 0 Å². The van der Waals surface area contributed by atoms with Crippen LogP contribution in [0.4, 0.5) is 16.0 Å². The molecule has 0 saturated heterocycles. The van der Waals surface area contributed by atoms with Gasteiger partial charge in [0.2, 0.25) is 0 Å². The van der Waals surface area contributed by atoms with Crippen molar-refractivity contribution < 1.29 is 18.7 Å². The van der Waals surface area contributed by atoms with Crippen LogP contribution in [-0.2, 0) is 27.1 Å². The zero-order chi connectivity index (χ0) is 31.1. The Morgan fingerprint density at radius 3 is 2.68 bits per heavy atom. The fourth-order valence-electron chi connectivity index (χ4n) is 5.28. The number of halogens is 1. The topological polar surface area (TPSA) is 102 Å². The van der Waals surface area contributed by atoms with Gasteiger partial charge in [0.05, 0.1) is 13.2 Å². The third-order valence-electron chi connectivity index (χ3n) is 7.59. The van der Waals surface area contributed by atoms with Crippen molar-refractivity contribution in [2.24, 2.45) is 5.92 Å². The number of hydrogen-bond acceptors (Lipinski definition) is 9. The van der Waals surface area contributed by atoms with Gasteiger partial charge in [0.25, 0.3) is 0 Å². The Bertz CT molecular complexity index is 1300. The summed E-state index contributed by atoms with van der Waals surface area (Å²) in [6.45, 7) is 6.80. The normalized spacial score (nSPS) is 14.1. The second-order valence-electron chi connectivity index (χ2n) is 11.8. The van der Waals surface area contributed by atoms with Gasteiger partial charge in [0.15, 0.2) is 0 Å². The number of rotatable bonds is 18. The summed E-state index contributed by atoms with van der Waals surface area (Å²) in [5, 5.41) is 6.70. The number of methoxy groups -OCH3 is 1. The third-order valence-corrected chi connectivity index (χ3v) is 7.59. The summed E-state index contributed by atoms with van der Waals surface area (Å²) in [5.41, 5.74) is 4.33. The lowest BCUT2D eigenvalue weighted by atomic mass is 10.1. The number of ether oxygens (including phenoxy) is 2. The number of aryl methyl sites for hydroxylation is 2. The quantitative estimate of drug-likeness (QED) is 0.142. The molecular weight excluding hydrogens is 559 g/mol. The predicted molar refractivity (Wildman–Crippen MR) is 172 cm³/mol. The molecule has 1 aliphatic heterocycles. The standard InChI is InChI=1S/C34H47FN6O3/c1-25(2)23-44-34(42)31(40-32-21-28(13-18-37-32)26-11-16-36-17-12-26)14-20-41(22-29(35)24-43-3)19-5-4-8-30-10-9-27-7-6-15-38-33(27)39-30/h9-13,16-18,21,25,29,31H,4-8,14-15,19-20,22-24H2,1-3H3,(H,37,40)(H,38,39)/t29-,31-/m0/s1. The monoisotopic (exact) mass is 606 g/mol. The first kappa shape index (κ1) is 33.3. The van der Waals surface area contributed by atoms with Crippen LogP contribution in [0.3, 0.4) is 0 Å². The minimum absolute atomic E-state index is 0.0341. The van der Waals surface area contributed by atoms with Gasteiger partial charge in [0, 0.05) is 51.0 Å².